The molecule has 0 saturated carbocycles. The lowest BCUT2D eigenvalue weighted by atomic mass is 10.2. The SMILES string of the molecule is CC(C)n1c(C(O)CN)nc2cccc(Cl)c21. The summed E-state index contributed by atoms with van der Waals surface area (Å²) in [5.41, 5.74) is 7.14. The fourth-order valence-electron chi connectivity index (χ4n) is 1.99. The number of fused-ring (bicyclic) bond motifs is 1. The van der Waals surface area contributed by atoms with Crippen LogP contribution in [-0.2, 0) is 0 Å². The molecule has 1 aromatic heterocycles. The molecule has 0 spiro atoms. The van der Waals surface area contributed by atoms with Crippen molar-refractivity contribution in [3.63, 3.8) is 0 Å². The smallest absolute Gasteiger partial charge is 0.140 e. The largest absolute Gasteiger partial charge is 0.384 e. The molecular weight excluding hydrogens is 238 g/mol. The van der Waals surface area contributed by atoms with E-state index < -0.39 is 6.10 Å². The molecule has 1 heterocycles. The Morgan fingerprint density at radius 3 is 2.76 bits per heavy atom. The summed E-state index contributed by atoms with van der Waals surface area (Å²) in [6.45, 7) is 4.20. The van der Waals surface area contributed by atoms with Crippen molar-refractivity contribution in [3.8, 4) is 0 Å². The Balaban J connectivity index is 2.76. The molecule has 1 unspecified atom stereocenters. The summed E-state index contributed by atoms with van der Waals surface area (Å²) in [6.07, 6.45) is -0.763. The summed E-state index contributed by atoms with van der Waals surface area (Å²) < 4.78 is 1.94. The highest BCUT2D eigenvalue weighted by Gasteiger charge is 2.20. The summed E-state index contributed by atoms with van der Waals surface area (Å²) >= 11 is 6.19. The van der Waals surface area contributed by atoms with Gasteiger partial charge in [-0.15, -0.1) is 0 Å². The van der Waals surface area contributed by atoms with Crippen LogP contribution in [-0.4, -0.2) is 21.2 Å². The summed E-state index contributed by atoms with van der Waals surface area (Å²) in [6, 6.07) is 5.72. The number of aliphatic hydroxyl groups excluding tert-OH is 1. The number of nitrogens with zero attached hydrogens (tertiary/aromatic N) is 2. The highest BCUT2D eigenvalue weighted by molar-refractivity contribution is 6.35. The van der Waals surface area contributed by atoms with E-state index >= 15 is 0 Å². The first kappa shape index (κ1) is 12.4. The summed E-state index contributed by atoms with van der Waals surface area (Å²) in [4.78, 5) is 4.41. The van der Waals surface area contributed by atoms with Gasteiger partial charge >= 0.3 is 0 Å². The van der Waals surface area contributed by atoms with Gasteiger partial charge in [-0.05, 0) is 26.0 Å². The van der Waals surface area contributed by atoms with E-state index in [1.807, 2.05) is 36.6 Å². The first-order chi connectivity index (χ1) is 8.06. The van der Waals surface area contributed by atoms with Crippen LogP contribution in [0, 0.1) is 0 Å². The Labute approximate surface area is 105 Å². The van der Waals surface area contributed by atoms with Crippen molar-refractivity contribution in [1.29, 1.82) is 0 Å². The Hall–Kier alpha value is -1.10. The van der Waals surface area contributed by atoms with Gasteiger partial charge in [-0.3, -0.25) is 0 Å². The van der Waals surface area contributed by atoms with Crippen LogP contribution in [0.25, 0.3) is 11.0 Å². The van der Waals surface area contributed by atoms with Gasteiger partial charge < -0.3 is 15.4 Å². The van der Waals surface area contributed by atoms with Crippen molar-refractivity contribution in [3.05, 3.63) is 29.0 Å². The predicted octanol–water partition coefficient (Wildman–Crippen LogP) is 2.26. The average molecular weight is 254 g/mol. The normalized spacial score (nSPS) is 13.5. The van der Waals surface area contributed by atoms with Crippen molar-refractivity contribution in [2.24, 2.45) is 5.73 Å². The third-order valence-corrected chi connectivity index (χ3v) is 3.03. The molecule has 1 atom stereocenters. The van der Waals surface area contributed by atoms with Crippen molar-refractivity contribution >= 4 is 22.6 Å². The van der Waals surface area contributed by atoms with Crippen molar-refractivity contribution in [2.45, 2.75) is 26.0 Å². The molecule has 0 aliphatic rings. The van der Waals surface area contributed by atoms with E-state index in [9.17, 15) is 5.11 Å². The van der Waals surface area contributed by atoms with Crippen LogP contribution in [0.5, 0.6) is 0 Å². The molecule has 5 heteroatoms. The Bertz CT molecular complexity index is 536. The molecule has 2 aromatic rings. The number of imidazole rings is 1. The second-order valence-electron chi connectivity index (χ2n) is 4.29. The number of hydrogen-bond donors (Lipinski definition) is 2. The Kier molecular flexibility index (Phi) is 3.38. The number of halogens is 1. The van der Waals surface area contributed by atoms with Gasteiger partial charge in [0.1, 0.15) is 11.9 Å². The Morgan fingerprint density at radius 1 is 1.47 bits per heavy atom. The van der Waals surface area contributed by atoms with Crippen molar-refractivity contribution in [1.82, 2.24) is 9.55 Å². The predicted molar refractivity (Wildman–Crippen MR) is 69.1 cm³/mol. The lowest BCUT2D eigenvalue weighted by Gasteiger charge is -2.16. The summed E-state index contributed by atoms with van der Waals surface area (Å²) in [7, 11) is 0. The van der Waals surface area contributed by atoms with Crippen molar-refractivity contribution < 1.29 is 5.11 Å². The lowest BCUT2D eigenvalue weighted by Crippen LogP contribution is -2.18. The molecule has 3 N–H and O–H groups in total. The van der Waals surface area contributed by atoms with Gasteiger partial charge in [0.2, 0.25) is 0 Å². The second-order valence-corrected chi connectivity index (χ2v) is 4.70. The zero-order valence-corrected chi connectivity index (χ0v) is 10.6. The molecular formula is C12H16ClN3O. The first-order valence-electron chi connectivity index (χ1n) is 5.60. The Morgan fingerprint density at radius 2 is 2.18 bits per heavy atom. The topological polar surface area (TPSA) is 64.1 Å². The van der Waals surface area contributed by atoms with Crippen LogP contribution in [0.2, 0.25) is 5.02 Å². The van der Waals surface area contributed by atoms with E-state index in [0.29, 0.717) is 10.8 Å². The molecule has 0 aliphatic heterocycles. The molecule has 2 rings (SSSR count). The molecule has 1 aromatic carbocycles. The molecule has 0 amide bonds. The second kappa shape index (κ2) is 4.64. The van der Waals surface area contributed by atoms with Crippen molar-refractivity contribution in [2.75, 3.05) is 6.54 Å². The minimum Gasteiger partial charge on any atom is -0.384 e. The molecule has 0 saturated heterocycles. The van der Waals surface area contributed by atoms with Gasteiger partial charge in [0.25, 0.3) is 0 Å². The fourth-order valence-corrected chi connectivity index (χ4v) is 2.25. The number of hydrogen-bond acceptors (Lipinski definition) is 3. The number of rotatable bonds is 3. The molecule has 92 valence electrons. The van der Waals surface area contributed by atoms with E-state index in [4.69, 9.17) is 17.3 Å². The van der Waals surface area contributed by atoms with E-state index in [1.165, 1.54) is 0 Å². The van der Waals surface area contributed by atoms with Crippen LogP contribution in [0.15, 0.2) is 18.2 Å². The van der Waals surface area contributed by atoms with E-state index in [-0.39, 0.29) is 12.6 Å². The number of benzene rings is 1. The number of aliphatic hydroxyl groups is 1. The van der Waals surface area contributed by atoms with Gasteiger partial charge in [-0.25, -0.2) is 4.98 Å². The van der Waals surface area contributed by atoms with Gasteiger partial charge in [-0.1, -0.05) is 17.7 Å². The number of nitrogens with two attached hydrogens (primary N) is 1. The molecule has 4 nitrogen and oxygen atoms in total. The highest BCUT2D eigenvalue weighted by Crippen LogP contribution is 2.29. The van der Waals surface area contributed by atoms with Crippen LogP contribution in [0.4, 0.5) is 0 Å². The van der Waals surface area contributed by atoms with E-state index in [2.05, 4.69) is 4.98 Å². The minimum atomic E-state index is -0.763. The zero-order valence-electron chi connectivity index (χ0n) is 9.89. The highest BCUT2D eigenvalue weighted by atomic mass is 35.5. The monoisotopic (exact) mass is 253 g/mol. The lowest BCUT2D eigenvalue weighted by molar-refractivity contribution is 0.170. The van der Waals surface area contributed by atoms with Gasteiger partial charge in [0, 0.05) is 12.6 Å². The van der Waals surface area contributed by atoms with E-state index in [1.54, 1.807) is 0 Å². The number of para-hydroxylation sites is 1. The van der Waals surface area contributed by atoms with Gasteiger partial charge in [-0.2, -0.15) is 0 Å². The average Bonchev–Trinajstić information content (AvgIpc) is 2.68. The van der Waals surface area contributed by atoms with Crippen LogP contribution >= 0.6 is 11.6 Å². The third kappa shape index (κ3) is 2.04. The van der Waals surface area contributed by atoms with Crippen LogP contribution in [0.1, 0.15) is 31.8 Å². The maximum Gasteiger partial charge on any atom is 0.140 e. The summed E-state index contributed by atoms with van der Waals surface area (Å²) in [5.74, 6) is 0.575. The molecule has 17 heavy (non-hydrogen) atoms. The fraction of sp³-hybridized carbons (Fsp3) is 0.417. The molecule has 0 radical (unpaired) electrons. The molecule has 0 aliphatic carbocycles. The zero-order chi connectivity index (χ0) is 12.6. The quantitative estimate of drug-likeness (QED) is 0.882. The van der Waals surface area contributed by atoms with Crippen LogP contribution in [0.3, 0.4) is 0 Å². The molecule has 0 bridgehead atoms. The molecule has 0 fully saturated rings. The van der Waals surface area contributed by atoms with Crippen LogP contribution < -0.4 is 5.73 Å². The van der Waals surface area contributed by atoms with Gasteiger partial charge in [0.05, 0.1) is 16.1 Å². The standard InChI is InChI=1S/C12H16ClN3O/c1-7(2)16-11-8(13)4-3-5-9(11)15-12(16)10(17)6-14/h3-5,7,10,17H,6,14H2,1-2H3. The maximum atomic E-state index is 9.90. The third-order valence-electron chi connectivity index (χ3n) is 2.73. The summed E-state index contributed by atoms with van der Waals surface area (Å²) in [5, 5.41) is 10.5. The van der Waals surface area contributed by atoms with E-state index in [0.717, 1.165) is 11.0 Å². The minimum absolute atomic E-state index is 0.146. The maximum absolute atomic E-state index is 9.90. The first-order valence-corrected chi connectivity index (χ1v) is 5.98. The van der Waals surface area contributed by atoms with Gasteiger partial charge in [0.15, 0.2) is 0 Å². The number of aromatic nitrogens is 2.